The van der Waals surface area contributed by atoms with Crippen LogP contribution in [0, 0.1) is 0 Å². The molecule has 38 heavy (non-hydrogen) atoms. The predicted octanol–water partition coefficient (Wildman–Crippen LogP) is 6.25. The molecule has 0 saturated carbocycles. The third-order valence-electron chi connectivity index (χ3n) is 8.31. The highest BCUT2D eigenvalue weighted by Crippen LogP contribution is 2.43. The van der Waals surface area contributed by atoms with Gasteiger partial charge in [-0.1, -0.05) is 42.0 Å². The number of aromatic hydroxyl groups is 2. The summed E-state index contributed by atoms with van der Waals surface area (Å²) in [5.74, 6) is 0.650. The lowest BCUT2D eigenvalue weighted by atomic mass is 9.85. The van der Waals surface area contributed by atoms with Crippen molar-refractivity contribution in [2.24, 2.45) is 0 Å². The molecule has 5 nitrogen and oxygen atoms in total. The summed E-state index contributed by atoms with van der Waals surface area (Å²) in [4.78, 5) is 17.4. The van der Waals surface area contributed by atoms with Gasteiger partial charge in [0, 0.05) is 37.3 Å². The van der Waals surface area contributed by atoms with E-state index in [1.807, 2.05) is 55.1 Å². The van der Waals surface area contributed by atoms with Gasteiger partial charge in [-0.2, -0.15) is 0 Å². The third kappa shape index (κ3) is 5.48. The van der Waals surface area contributed by atoms with Crippen LogP contribution in [0.3, 0.4) is 0 Å². The molecule has 0 radical (unpaired) electrons. The van der Waals surface area contributed by atoms with Crippen molar-refractivity contribution in [2.45, 2.75) is 58.0 Å². The lowest BCUT2D eigenvalue weighted by molar-refractivity contribution is 0.0773. The molecule has 3 aromatic rings. The van der Waals surface area contributed by atoms with E-state index in [0.29, 0.717) is 30.9 Å². The molecule has 0 spiro atoms. The van der Waals surface area contributed by atoms with Gasteiger partial charge in [0.1, 0.15) is 11.5 Å². The summed E-state index contributed by atoms with van der Waals surface area (Å²) < 4.78 is 0. The molecule has 1 amide bonds. The average Bonchev–Trinajstić information content (AvgIpc) is 3.17. The zero-order valence-electron chi connectivity index (χ0n) is 22.4. The van der Waals surface area contributed by atoms with Crippen molar-refractivity contribution in [3.05, 3.63) is 101 Å². The Bertz CT molecular complexity index is 1260. The van der Waals surface area contributed by atoms with Crippen LogP contribution in [0.4, 0.5) is 0 Å². The summed E-state index contributed by atoms with van der Waals surface area (Å²) >= 11 is 0. The van der Waals surface area contributed by atoms with Crippen LogP contribution in [0.25, 0.3) is 5.57 Å². The quantitative estimate of drug-likeness (QED) is 0.376. The predicted molar refractivity (Wildman–Crippen MR) is 152 cm³/mol. The third-order valence-corrected chi connectivity index (χ3v) is 8.31. The number of carbonyl (C=O) groups is 1. The van der Waals surface area contributed by atoms with Crippen molar-refractivity contribution < 1.29 is 15.0 Å². The van der Waals surface area contributed by atoms with Gasteiger partial charge in [-0.25, -0.2) is 0 Å². The average molecular weight is 511 g/mol. The summed E-state index contributed by atoms with van der Waals surface area (Å²) in [5.41, 5.74) is 6.91. The summed E-state index contributed by atoms with van der Waals surface area (Å²) in [6.07, 6.45) is 5.47. The van der Waals surface area contributed by atoms with Gasteiger partial charge in [0.05, 0.1) is 0 Å². The maximum Gasteiger partial charge on any atom is 0.253 e. The van der Waals surface area contributed by atoms with Gasteiger partial charge in [0.25, 0.3) is 5.91 Å². The second kappa shape index (κ2) is 11.4. The first kappa shape index (κ1) is 26.1. The van der Waals surface area contributed by atoms with Crippen LogP contribution in [0.5, 0.6) is 11.5 Å². The maximum atomic E-state index is 12.9. The summed E-state index contributed by atoms with van der Waals surface area (Å²) in [6, 6.07) is 24.2. The molecule has 2 unspecified atom stereocenters. The number of phenolic OH excluding ortho intramolecular Hbond substituents is 2. The minimum absolute atomic E-state index is 0.0698. The molecule has 2 aliphatic heterocycles. The summed E-state index contributed by atoms with van der Waals surface area (Å²) in [7, 11) is 0. The van der Waals surface area contributed by atoms with E-state index in [0.717, 1.165) is 42.5 Å². The molecule has 2 fully saturated rings. The topological polar surface area (TPSA) is 64.0 Å². The Labute approximate surface area is 226 Å². The maximum absolute atomic E-state index is 12.9. The summed E-state index contributed by atoms with van der Waals surface area (Å²) in [5, 5.41) is 19.5. The van der Waals surface area contributed by atoms with Crippen molar-refractivity contribution >= 4 is 11.5 Å². The number of nitrogens with zero attached hydrogens (tertiary/aromatic N) is 2. The smallest absolute Gasteiger partial charge is 0.253 e. The van der Waals surface area contributed by atoms with Gasteiger partial charge < -0.3 is 15.1 Å². The van der Waals surface area contributed by atoms with Gasteiger partial charge in [-0.05, 0) is 105 Å². The first-order valence-electron chi connectivity index (χ1n) is 13.9. The molecule has 2 heterocycles. The zero-order valence-corrected chi connectivity index (χ0v) is 22.4. The number of amides is 1. The van der Waals surface area contributed by atoms with Gasteiger partial charge in [0.2, 0.25) is 0 Å². The number of piperidine rings is 1. The molecule has 5 heteroatoms. The van der Waals surface area contributed by atoms with E-state index in [2.05, 4.69) is 17.0 Å². The Morgan fingerprint density at radius 1 is 0.763 bits per heavy atom. The monoisotopic (exact) mass is 510 g/mol. The lowest BCUT2D eigenvalue weighted by Crippen LogP contribution is -2.41. The van der Waals surface area contributed by atoms with Crippen LogP contribution in [0.1, 0.15) is 66.6 Å². The Balaban J connectivity index is 1.42. The van der Waals surface area contributed by atoms with Crippen LogP contribution < -0.4 is 0 Å². The molecular weight excluding hydrogens is 472 g/mol. The number of benzene rings is 3. The van der Waals surface area contributed by atoms with Gasteiger partial charge in [-0.15, -0.1) is 0 Å². The van der Waals surface area contributed by atoms with Crippen LogP contribution in [-0.2, 0) is 6.42 Å². The fraction of sp³-hybridized carbons (Fsp3) is 0.364. The Morgan fingerprint density at radius 3 is 1.76 bits per heavy atom. The van der Waals surface area contributed by atoms with E-state index in [9.17, 15) is 15.0 Å². The molecule has 2 bridgehead atoms. The van der Waals surface area contributed by atoms with E-state index in [4.69, 9.17) is 0 Å². The molecule has 5 rings (SSSR count). The zero-order chi connectivity index (χ0) is 26.6. The van der Waals surface area contributed by atoms with E-state index < -0.39 is 0 Å². The van der Waals surface area contributed by atoms with E-state index in [1.54, 1.807) is 24.3 Å². The highest BCUT2D eigenvalue weighted by Gasteiger charge is 2.39. The van der Waals surface area contributed by atoms with Crippen LogP contribution in [0.15, 0.2) is 78.4 Å². The molecule has 0 aliphatic carbocycles. The minimum Gasteiger partial charge on any atom is -0.508 e. The molecule has 2 atom stereocenters. The van der Waals surface area contributed by atoms with Gasteiger partial charge in [-0.3, -0.25) is 9.69 Å². The Kier molecular flexibility index (Phi) is 7.85. The minimum atomic E-state index is 0.0698. The number of hydrogen-bond donors (Lipinski definition) is 2. The van der Waals surface area contributed by atoms with Crippen LogP contribution in [-0.4, -0.2) is 57.6 Å². The van der Waals surface area contributed by atoms with Crippen molar-refractivity contribution in [2.75, 3.05) is 19.6 Å². The molecule has 3 aromatic carbocycles. The largest absolute Gasteiger partial charge is 0.508 e. The first-order valence-corrected chi connectivity index (χ1v) is 13.9. The summed E-state index contributed by atoms with van der Waals surface area (Å²) in [6.45, 7) is 6.45. The van der Waals surface area contributed by atoms with E-state index >= 15 is 0 Å². The molecule has 0 aromatic heterocycles. The molecule has 198 valence electrons. The second-order valence-corrected chi connectivity index (χ2v) is 10.5. The number of hydrogen-bond acceptors (Lipinski definition) is 4. The number of fused-ring (bicyclic) bond motifs is 2. The van der Waals surface area contributed by atoms with Crippen molar-refractivity contribution in [3.63, 3.8) is 0 Å². The highest BCUT2D eigenvalue weighted by atomic mass is 16.3. The van der Waals surface area contributed by atoms with Crippen molar-refractivity contribution in [1.82, 2.24) is 9.80 Å². The van der Waals surface area contributed by atoms with E-state index in [-0.39, 0.29) is 11.7 Å². The van der Waals surface area contributed by atoms with Crippen LogP contribution >= 0.6 is 0 Å². The van der Waals surface area contributed by atoms with E-state index in [1.165, 1.54) is 29.6 Å². The fourth-order valence-corrected chi connectivity index (χ4v) is 6.27. The number of rotatable bonds is 8. The standard InChI is InChI=1S/C33H38N2O3/c1-3-34(4-2)33(38)26-9-7-24(8-10-26)32(25-11-17-31(37)18-12-25)27-21-28-13-14-29(22-27)35(28)20-19-23-5-15-30(36)16-6-23/h5-12,15-18,28-29,36-37H,3-4,13-14,19-22H2,1-2H3. The molecule has 2 aliphatic rings. The number of carbonyl (C=O) groups excluding carboxylic acids is 1. The Morgan fingerprint density at radius 2 is 1.24 bits per heavy atom. The second-order valence-electron chi connectivity index (χ2n) is 10.5. The van der Waals surface area contributed by atoms with Crippen LogP contribution in [0.2, 0.25) is 0 Å². The molecule has 2 N–H and O–H groups in total. The highest BCUT2D eigenvalue weighted by molar-refractivity contribution is 5.95. The van der Waals surface area contributed by atoms with Gasteiger partial charge in [0.15, 0.2) is 0 Å². The van der Waals surface area contributed by atoms with Crippen molar-refractivity contribution in [3.8, 4) is 11.5 Å². The van der Waals surface area contributed by atoms with Crippen molar-refractivity contribution in [1.29, 1.82) is 0 Å². The normalized spacial score (nSPS) is 18.9. The number of phenols is 2. The van der Waals surface area contributed by atoms with Gasteiger partial charge >= 0.3 is 0 Å². The lowest BCUT2D eigenvalue weighted by Gasteiger charge is -2.37. The SMILES string of the molecule is CCN(CC)C(=O)c1ccc(C(=C2CC3CCC(C2)N3CCc2ccc(O)cc2)c2ccc(O)cc2)cc1. The molecular formula is C33H38N2O3. The first-order chi connectivity index (χ1) is 18.5. The fourth-order valence-electron chi connectivity index (χ4n) is 6.27. The Hall–Kier alpha value is -3.57. The molecule has 2 saturated heterocycles.